The van der Waals surface area contributed by atoms with E-state index in [1.54, 1.807) is 16.4 Å². The molecule has 0 saturated carbocycles. The van der Waals surface area contributed by atoms with Crippen LogP contribution in [-0.2, 0) is 10.0 Å². The summed E-state index contributed by atoms with van der Waals surface area (Å²) in [6.45, 7) is 4.20. The van der Waals surface area contributed by atoms with Crippen molar-refractivity contribution >= 4 is 21.6 Å². The van der Waals surface area contributed by atoms with Crippen molar-refractivity contribution in [3.63, 3.8) is 0 Å². The van der Waals surface area contributed by atoms with Gasteiger partial charge in [0, 0.05) is 31.2 Å². The van der Waals surface area contributed by atoms with Crippen LogP contribution in [-0.4, -0.2) is 43.8 Å². The first-order valence-electron chi connectivity index (χ1n) is 10.1. The summed E-state index contributed by atoms with van der Waals surface area (Å²) in [4.78, 5) is 2.71. The fraction of sp³-hybridized carbons (Fsp3) is 0.250. The lowest BCUT2D eigenvalue weighted by Gasteiger charge is -2.39. The van der Waals surface area contributed by atoms with E-state index in [2.05, 4.69) is 29.2 Å². The summed E-state index contributed by atoms with van der Waals surface area (Å²) in [5, 5.41) is 0.708. The molecule has 0 unspecified atom stereocenters. The normalized spacial score (nSPS) is 17.0. The Balaban J connectivity index is 1.56. The summed E-state index contributed by atoms with van der Waals surface area (Å²) in [6.07, 6.45) is 0. The van der Waals surface area contributed by atoms with Gasteiger partial charge >= 0.3 is 0 Å². The lowest BCUT2D eigenvalue weighted by atomic mass is 9.96. The second-order valence-corrected chi connectivity index (χ2v) is 9.99. The van der Waals surface area contributed by atoms with Gasteiger partial charge in [-0.1, -0.05) is 71.8 Å². The van der Waals surface area contributed by atoms with E-state index in [9.17, 15) is 8.42 Å². The van der Waals surface area contributed by atoms with Crippen LogP contribution >= 0.6 is 11.6 Å². The summed E-state index contributed by atoms with van der Waals surface area (Å²) in [7, 11) is -3.47. The van der Waals surface area contributed by atoms with Crippen LogP contribution in [0.25, 0.3) is 0 Å². The van der Waals surface area contributed by atoms with Crippen molar-refractivity contribution < 1.29 is 8.42 Å². The van der Waals surface area contributed by atoms with Crippen molar-refractivity contribution in [3.05, 3.63) is 101 Å². The van der Waals surface area contributed by atoms with Crippen LogP contribution in [0.3, 0.4) is 0 Å². The number of hydrogen-bond donors (Lipinski definition) is 0. The molecule has 1 fully saturated rings. The zero-order valence-corrected chi connectivity index (χ0v) is 18.5. The van der Waals surface area contributed by atoms with E-state index in [4.69, 9.17) is 11.6 Å². The average molecular weight is 441 g/mol. The molecule has 30 heavy (non-hydrogen) atoms. The highest BCUT2D eigenvalue weighted by Crippen LogP contribution is 2.31. The summed E-state index contributed by atoms with van der Waals surface area (Å²) in [6, 6.07) is 25.4. The van der Waals surface area contributed by atoms with Crippen LogP contribution < -0.4 is 0 Å². The minimum Gasteiger partial charge on any atom is -0.290 e. The maximum atomic E-state index is 13.0. The highest BCUT2D eigenvalue weighted by atomic mass is 35.5. The number of sulfonamides is 1. The maximum Gasteiger partial charge on any atom is 0.243 e. The average Bonchev–Trinajstić information content (AvgIpc) is 2.77. The van der Waals surface area contributed by atoms with Crippen molar-refractivity contribution in [2.24, 2.45) is 0 Å². The molecule has 156 valence electrons. The smallest absolute Gasteiger partial charge is 0.243 e. The Morgan fingerprint density at radius 1 is 0.767 bits per heavy atom. The van der Waals surface area contributed by atoms with Gasteiger partial charge < -0.3 is 0 Å². The van der Waals surface area contributed by atoms with Crippen molar-refractivity contribution in [2.45, 2.75) is 17.9 Å². The Hall–Kier alpha value is -2.18. The zero-order valence-electron chi connectivity index (χ0n) is 16.9. The van der Waals surface area contributed by atoms with E-state index in [0.717, 1.165) is 11.1 Å². The molecule has 0 bridgehead atoms. The molecule has 0 aliphatic carbocycles. The first kappa shape index (κ1) is 21.1. The van der Waals surface area contributed by atoms with Gasteiger partial charge in [0.05, 0.1) is 10.9 Å². The van der Waals surface area contributed by atoms with Gasteiger partial charge in [-0.15, -0.1) is 0 Å². The molecule has 3 aromatic carbocycles. The van der Waals surface area contributed by atoms with Gasteiger partial charge in [0.2, 0.25) is 10.0 Å². The minimum absolute atomic E-state index is 0.0627. The minimum atomic E-state index is -3.47. The van der Waals surface area contributed by atoms with Gasteiger partial charge in [-0.25, -0.2) is 8.42 Å². The van der Waals surface area contributed by atoms with E-state index in [1.807, 2.05) is 49.4 Å². The predicted octanol–water partition coefficient (Wildman–Crippen LogP) is 4.74. The lowest BCUT2D eigenvalue weighted by molar-refractivity contribution is 0.156. The standard InChI is InChI=1S/C24H25ClN2O2S/c1-19-7-13-23(14-8-19)30(28,29)27-17-15-26(16-18-27)24(20-5-3-2-4-6-20)21-9-11-22(25)12-10-21/h2-14,24H,15-18H2,1H3/t24-/m1/s1. The quantitative estimate of drug-likeness (QED) is 0.575. The molecule has 3 aromatic rings. The number of halogens is 1. The maximum absolute atomic E-state index is 13.0. The molecule has 0 N–H and O–H groups in total. The van der Waals surface area contributed by atoms with Crippen LogP contribution in [0.2, 0.25) is 5.02 Å². The van der Waals surface area contributed by atoms with Gasteiger partial charge in [0.1, 0.15) is 0 Å². The molecule has 4 nitrogen and oxygen atoms in total. The van der Waals surface area contributed by atoms with Gasteiger partial charge in [-0.3, -0.25) is 4.90 Å². The van der Waals surface area contributed by atoms with Crippen LogP contribution in [0.1, 0.15) is 22.7 Å². The van der Waals surface area contributed by atoms with Gasteiger partial charge in [0.15, 0.2) is 0 Å². The molecular weight excluding hydrogens is 416 g/mol. The lowest BCUT2D eigenvalue weighted by Crippen LogP contribution is -2.49. The van der Waals surface area contributed by atoms with E-state index < -0.39 is 10.0 Å². The monoisotopic (exact) mass is 440 g/mol. The first-order valence-corrected chi connectivity index (χ1v) is 11.9. The van der Waals surface area contributed by atoms with Gasteiger partial charge in [0.25, 0.3) is 0 Å². The number of piperazine rings is 1. The third kappa shape index (κ3) is 4.44. The molecule has 0 radical (unpaired) electrons. The SMILES string of the molecule is Cc1ccc(S(=O)(=O)N2CCN([C@H](c3ccccc3)c3ccc(Cl)cc3)CC2)cc1. The molecule has 0 amide bonds. The van der Waals surface area contributed by atoms with Crippen molar-refractivity contribution in [3.8, 4) is 0 Å². The molecule has 0 aromatic heterocycles. The first-order chi connectivity index (χ1) is 14.4. The Kier molecular flexibility index (Phi) is 6.25. The number of hydrogen-bond acceptors (Lipinski definition) is 3. The predicted molar refractivity (Wildman–Crippen MR) is 121 cm³/mol. The van der Waals surface area contributed by atoms with Crippen molar-refractivity contribution in [1.29, 1.82) is 0 Å². The fourth-order valence-corrected chi connectivity index (χ4v) is 5.50. The number of nitrogens with zero attached hydrogens (tertiary/aromatic N) is 2. The third-order valence-corrected chi connectivity index (χ3v) is 7.76. The number of benzene rings is 3. The molecular formula is C24H25ClN2O2S. The molecule has 1 heterocycles. The number of rotatable bonds is 5. The van der Waals surface area contributed by atoms with Crippen LogP contribution in [0.5, 0.6) is 0 Å². The van der Waals surface area contributed by atoms with E-state index in [0.29, 0.717) is 36.1 Å². The van der Waals surface area contributed by atoms with Gasteiger partial charge in [-0.05, 0) is 42.3 Å². The summed E-state index contributed by atoms with van der Waals surface area (Å²) in [5.74, 6) is 0. The molecule has 6 heteroatoms. The molecule has 0 spiro atoms. The highest BCUT2D eigenvalue weighted by molar-refractivity contribution is 7.89. The second kappa shape index (κ2) is 8.90. The fourth-order valence-electron chi connectivity index (χ4n) is 3.96. The molecule has 4 rings (SSSR count). The Morgan fingerprint density at radius 3 is 1.93 bits per heavy atom. The summed E-state index contributed by atoms with van der Waals surface area (Å²) in [5.41, 5.74) is 3.39. The Morgan fingerprint density at radius 2 is 1.33 bits per heavy atom. The van der Waals surface area contributed by atoms with Crippen LogP contribution in [0.4, 0.5) is 0 Å². The molecule has 1 aliphatic heterocycles. The van der Waals surface area contributed by atoms with E-state index in [1.165, 1.54) is 5.56 Å². The zero-order chi connectivity index (χ0) is 21.1. The molecule has 1 atom stereocenters. The van der Waals surface area contributed by atoms with Gasteiger partial charge in [-0.2, -0.15) is 4.31 Å². The Labute approximate surface area is 183 Å². The topological polar surface area (TPSA) is 40.6 Å². The number of aryl methyl sites for hydroxylation is 1. The summed E-state index contributed by atoms with van der Waals surface area (Å²) >= 11 is 6.10. The Bertz CT molecular complexity index is 1080. The second-order valence-electron chi connectivity index (χ2n) is 7.62. The highest BCUT2D eigenvalue weighted by Gasteiger charge is 2.32. The van der Waals surface area contributed by atoms with Crippen molar-refractivity contribution in [1.82, 2.24) is 9.21 Å². The van der Waals surface area contributed by atoms with Crippen LogP contribution in [0.15, 0.2) is 83.8 Å². The van der Waals surface area contributed by atoms with E-state index >= 15 is 0 Å². The molecule has 1 aliphatic rings. The van der Waals surface area contributed by atoms with Crippen molar-refractivity contribution in [2.75, 3.05) is 26.2 Å². The largest absolute Gasteiger partial charge is 0.290 e. The van der Waals surface area contributed by atoms with Crippen LogP contribution in [0, 0.1) is 6.92 Å². The van der Waals surface area contributed by atoms with E-state index in [-0.39, 0.29) is 6.04 Å². The molecule has 1 saturated heterocycles. The third-order valence-electron chi connectivity index (χ3n) is 5.60. The summed E-state index contributed by atoms with van der Waals surface area (Å²) < 4.78 is 27.7.